The Labute approximate surface area is 234 Å². The minimum absolute atomic E-state index is 0. The largest absolute Gasteiger partial charge is 1.00 e. The quantitative estimate of drug-likeness (QED) is 0.0994. The molecule has 0 spiro atoms. The number of hydrogen-bond acceptors (Lipinski definition) is 10. The third-order valence-corrected chi connectivity index (χ3v) is 4.78. The minimum Gasteiger partial charge on any atom is -0.550 e. The number of carboxylic acid groups (broad SMARTS) is 2. The third-order valence-electron chi connectivity index (χ3n) is 4.78. The Morgan fingerprint density at radius 1 is 1.24 bits per heavy atom. The molecule has 2 amide bonds. The summed E-state index contributed by atoms with van der Waals surface area (Å²) < 4.78 is 5.22. The normalized spacial score (nSPS) is 16.6. The summed E-state index contributed by atoms with van der Waals surface area (Å²) in [6.07, 6.45) is 1.37. The first-order chi connectivity index (χ1) is 14.7. The van der Waals surface area contributed by atoms with Gasteiger partial charge in [0.15, 0.2) is 11.8 Å². The van der Waals surface area contributed by atoms with E-state index >= 15 is 0 Å². The van der Waals surface area contributed by atoms with E-state index in [0.29, 0.717) is 25.7 Å². The van der Waals surface area contributed by atoms with Gasteiger partial charge in [-0.25, -0.2) is 4.79 Å². The van der Waals surface area contributed by atoms with E-state index in [9.17, 15) is 24.6 Å². The summed E-state index contributed by atoms with van der Waals surface area (Å²) in [5.74, 6) is -2.53. The van der Waals surface area contributed by atoms with Crippen LogP contribution in [0.15, 0.2) is 9.52 Å². The van der Waals surface area contributed by atoms with Crippen LogP contribution >= 0.6 is 0 Å². The summed E-state index contributed by atoms with van der Waals surface area (Å²) >= 11 is 0. The van der Waals surface area contributed by atoms with Crippen LogP contribution in [0.2, 0.25) is 0 Å². The molecular formula is C17H26N8Na2O6. The number of guanidine groups is 1. The zero-order valence-corrected chi connectivity index (χ0v) is 22.9. The van der Waals surface area contributed by atoms with Crippen LogP contribution in [0.3, 0.4) is 0 Å². The molecule has 172 valence electrons. The first kappa shape index (κ1) is 31.6. The van der Waals surface area contributed by atoms with Crippen molar-refractivity contribution < 1.29 is 88.2 Å². The number of likely N-dealkylation sites (tertiary alicyclic amines) is 1. The molecule has 1 aromatic heterocycles. The van der Waals surface area contributed by atoms with Gasteiger partial charge >= 0.3 is 65.1 Å². The predicted octanol–water partition coefficient (Wildman–Crippen LogP) is -9.37. The van der Waals surface area contributed by atoms with Gasteiger partial charge in [0.25, 0.3) is 0 Å². The first-order valence-corrected chi connectivity index (χ1v) is 9.81. The molecule has 0 radical (unpaired) electrons. The van der Waals surface area contributed by atoms with E-state index in [-0.39, 0.29) is 103 Å². The summed E-state index contributed by atoms with van der Waals surface area (Å²) in [5, 5.41) is 28.3. The molecule has 0 aliphatic carbocycles. The number of amides is 2. The Bertz CT molecular complexity index is 819. The average Bonchev–Trinajstić information content (AvgIpc) is 3.38. The van der Waals surface area contributed by atoms with E-state index in [0.717, 1.165) is 0 Å². The summed E-state index contributed by atoms with van der Waals surface area (Å²) in [5.41, 5.74) is 16.5. The van der Waals surface area contributed by atoms with Crippen molar-refractivity contribution in [3.63, 3.8) is 0 Å². The molecule has 14 nitrogen and oxygen atoms in total. The Balaban J connectivity index is 0.00000512. The van der Waals surface area contributed by atoms with Crippen molar-refractivity contribution in [2.24, 2.45) is 22.2 Å². The molecule has 16 heteroatoms. The van der Waals surface area contributed by atoms with Crippen molar-refractivity contribution in [1.29, 1.82) is 0 Å². The number of aromatic nitrogens is 2. The molecule has 1 aliphatic rings. The molecule has 2 rings (SSSR count). The number of nitrogens with two attached hydrogens (primary N) is 3. The van der Waals surface area contributed by atoms with Gasteiger partial charge in [0.05, 0.1) is 18.1 Å². The van der Waals surface area contributed by atoms with Crippen LogP contribution in [-0.4, -0.2) is 58.1 Å². The Kier molecular flexibility index (Phi) is 14.8. The fraction of sp³-hybridized carbons (Fsp3) is 0.647. The van der Waals surface area contributed by atoms with Gasteiger partial charge < -0.3 is 51.7 Å². The number of rotatable bonds is 11. The van der Waals surface area contributed by atoms with Gasteiger partial charge in [0, 0.05) is 19.1 Å². The third kappa shape index (κ3) is 10.2. The molecule has 1 aromatic rings. The second-order valence-corrected chi connectivity index (χ2v) is 7.13. The van der Waals surface area contributed by atoms with Gasteiger partial charge in [-0.1, -0.05) is 5.16 Å². The number of carbonyl (C=O) groups excluding carboxylic acids is 3. The van der Waals surface area contributed by atoms with Crippen LogP contribution in [0.25, 0.3) is 0 Å². The van der Waals surface area contributed by atoms with E-state index < -0.39 is 36.1 Å². The minimum atomic E-state index is -1.32. The Morgan fingerprint density at radius 2 is 1.94 bits per heavy atom. The monoisotopic (exact) mass is 484 g/mol. The Morgan fingerprint density at radius 3 is 2.55 bits per heavy atom. The van der Waals surface area contributed by atoms with E-state index in [1.54, 1.807) is 0 Å². The molecule has 3 atom stereocenters. The molecule has 1 fully saturated rings. The smallest absolute Gasteiger partial charge is 0.550 e. The van der Waals surface area contributed by atoms with Crippen LogP contribution < -0.4 is 91.8 Å². The SMILES string of the molecule is NC(N)=NCCC[C@H](NC(=O)N1CCC[C@H]1C(=O)[O-])c1nc([C@@H](N)CCC(=O)[O-])no1.[Na+].[Na+]. The van der Waals surface area contributed by atoms with E-state index in [1.807, 2.05) is 0 Å². The number of nitrogens with zero attached hydrogens (tertiary/aromatic N) is 4. The van der Waals surface area contributed by atoms with Crippen molar-refractivity contribution in [3.8, 4) is 0 Å². The van der Waals surface area contributed by atoms with Gasteiger partial charge in [-0.2, -0.15) is 4.98 Å². The maximum Gasteiger partial charge on any atom is 1.00 e. The van der Waals surface area contributed by atoms with Crippen LogP contribution in [0.4, 0.5) is 4.79 Å². The van der Waals surface area contributed by atoms with Crippen LogP contribution in [0, 0.1) is 0 Å². The summed E-state index contributed by atoms with van der Waals surface area (Å²) in [4.78, 5) is 43.8. The van der Waals surface area contributed by atoms with Gasteiger partial charge in [-0.15, -0.1) is 0 Å². The summed E-state index contributed by atoms with van der Waals surface area (Å²) in [6.45, 7) is 0.556. The first-order valence-electron chi connectivity index (χ1n) is 9.81. The predicted molar refractivity (Wildman–Crippen MR) is 101 cm³/mol. The van der Waals surface area contributed by atoms with Gasteiger partial charge in [-0.05, 0) is 38.5 Å². The zero-order chi connectivity index (χ0) is 23.0. The van der Waals surface area contributed by atoms with Gasteiger partial charge in [-0.3, -0.25) is 4.99 Å². The van der Waals surface area contributed by atoms with E-state index in [2.05, 4.69) is 20.4 Å². The molecule has 0 unspecified atom stereocenters. The fourth-order valence-corrected chi connectivity index (χ4v) is 3.19. The molecule has 0 aromatic carbocycles. The van der Waals surface area contributed by atoms with E-state index in [4.69, 9.17) is 21.7 Å². The molecule has 0 bridgehead atoms. The number of aliphatic imine (C=N–C) groups is 1. The molecule has 1 saturated heterocycles. The zero-order valence-electron chi connectivity index (χ0n) is 18.9. The molecule has 7 N–H and O–H groups in total. The second kappa shape index (κ2) is 15.5. The van der Waals surface area contributed by atoms with E-state index in [1.165, 1.54) is 4.90 Å². The van der Waals surface area contributed by atoms with Crippen molar-refractivity contribution in [1.82, 2.24) is 20.4 Å². The summed E-state index contributed by atoms with van der Waals surface area (Å²) in [7, 11) is 0. The molecule has 33 heavy (non-hydrogen) atoms. The molecule has 1 aliphatic heterocycles. The molecule has 2 heterocycles. The number of carboxylic acids is 2. The van der Waals surface area contributed by atoms with Crippen molar-refractivity contribution in [2.75, 3.05) is 13.1 Å². The number of nitrogens with one attached hydrogen (secondary N) is 1. The molecular weight excluding hydrogens is 458 g/mol. The van der Waals surface area contributed by atoms with Crippen molar-refractivity contribution in [2.45, 2.75) is 56.7 Å². The number of aliphatic carboxylic acids is 2. The van der Waals surface area contributed by atoms with Crippen LogP contribution in [0.5, 0.6) is 0 Å². The second-order valence-electron chi connectivity index (χ2n) is 7.13. The van der Waals surface area contributed by atoms with Crippen molar-refractivity contribution >= 4 is 23.9 Å². The standard InChI is InChI=1S/C17H28N8O6.2Na/c18-9(5-6-12(26)27)13-23-14(31-24-13)10(3-1-7-21-16(19)20)22-17(30)25-8-2-4-11(25)15(28)29;;/h9-11H,1-8,18H2,(H,22,30)(H,26,27)(H,28,29)(H4,19,20,21);;/q;2*+1/p-2/t9-,10-,11-;;/m0../s1. The van der Waals surface area contributed by atoms with Gasteiger partial charge in [0.2, 0.25) is 5.89 Å². The van der Waals surface area contributed by atoms with Crippen LogP contribution in [0.1, 0.15) is 62.3 Å². The Hall–Kier alpha value is -1.42. The number of hydrogen-bond donors (Lipinski definition) is 4. The maximum atomic E-state index is 12.7. The number of urea groups is 1. The van der Waals surface area contributed by atoms with Crippen molar-refractivity contribution in [3.05, 3.63) is 11.7 Å². The topological polar surface area (TPSA) is 242 Å². The number of carbonyl (C=O) groups is 3. The van der Waals surface area contributed by atoms with Crippen LogP contribution in [-0.2, 0) is 9.59 Å². The average molecular weight is 484 g/mol. The molecule has 0 saturated carbocycles. The summed E-state index contributed by atoms with van der Waals surface area (Å²) in [6, 6.07) is -3.19. The fourth-order valence-electron chi connectivity index (χ4n) is 3.19. The van der Waals surface area contributed by atoms with Gasteiger partial charge in [0.1, 0.15) is 6.04 Å². The maximum absolute atomic E-state index is 12.7.